The topological polar surface area (TPSA) is 99.4 Å². The lowest BCUT2D eigenvalue weighted by atomic mass is 9.98. The Labute approximate surface area is 117 Å². The van der Waals surface area contributed by atoms with Gasteiger partial charge in [0.2, 0.25) is 0 Å². The molecule has 2 atom stereocenters. The van der Waals surface area contributed by atoms with E-state index < -0.39 is 17.9 Å². The van der Waals surface area contributed by atoms with Crippen LogP contribution in [0.25, 0.3) is 0 Å². The molecule has 6 nitrogen and oxygen atoms in total. The van der Waals surface area contributed by atoms with E-state index in [1.807, 2.05) is 6.07 Å². The first kappa shape index (κ1) is 15.5. The quantitative estimate of drug-likeness (QED) is 0.787. The zero-order valence-electron chi connectivity index (χ0n) is 11.3. The van der Waals surface area contributed by atoms with Gasteiger partial charge in [-0.2, -0.15) is 5.26 Å². The average Bonchev–Trinajstić information content (AvgIpc) is 2.43. The van der Waals surface area contributed by atoms with Crippen molar-refractivity contribution in [2.24, 2.45) is 5.92 Å². The number of hydrogen-bond donors (Lipinski definition) is 2. The molecule has 6 heteroatoms. The highest BCUT2D eigenvalue weighted by Crippen LogP contribution is 2.13. The zero-order valence-corrected chi connectivity index (χ0v) is 11.3. The summed E-state index contributed by atoms with van der Waals surface area (Å²) in [6.45, 7) is 1.67. The number of phenolic OH excluding ortho intramolecular Hbond substituents is 1. The number of methoxy groups -OCH3 is 1. The van der Waals surface area contributed by atoms with E-state index in [1.165, 1.54) is 31.4 Å². The second-order valence-electron chi connectivity index (χ2n) is 4.36. The smallest absolute Gasteiger partial charge is 0.328 e. The van der Waals surface area contributed by atoms with E-state index >= 15 is 0 Å². The summed E-state index contributed by atoms with van der Waals surface area (Å²) in [6.07, 6.45) is 0.111. The number of aromatic hydroxyl groups is 1. The Balaban J connectivity index is 2.87. The Morgan fingerprint density at radius 3 is 2.75 bits per heavy atom. The number of nitrogens with one attached hydrogen (secondary N) is 1. The van der Waals surface area contributed by atoms with Crippen molar-refractivity contribution in [3.8, 4) is 11.8 Å². The van der Waals surface area contributed by atoms with Crippen LogP contribution in [0.5, 0.6) is 5.75 Å². The van der Waals surface area contributed by atoms with Crippen molar-refractivity contribution in [2.45, 2.75) is 19.4 Å². The highest BCUT2D eigenvalue weighted by atomic mass is 16.5. The molecule has 0 radical (unpaired) electrons. The van der Waals surface area contributed by atoms with Crippen molar-refractivity contribution in [1.29, 1.82) is 5.26 Å². The van der Waals surface area contributed by atoms with Crippen LogP contribution in [0.2, 0.25) is 0 Å². The van der Waals surface area contributed by atoms with E-state index in [4.69, 9.17) is 5.26 Å². The van der Waals surface area contributed by atoms with Crippen molar-refractivity contribution >= 4 is 11.9 Å². The second-order valence-corrected chi connectivity index (χ2v) is 4.36. The molecule has 0 unspecified atom stereocenters. The Hall–Kier alpha value is -2.55. The minimum Gasteiger partial charge on any atom is -0.508 e. The van der Waals surface area contributed by atoms with Crippen molar-refractivity contribution in [1.82, 2.24) is 5.32 Å². The molecule has 1 rings (SSSR count). The van der Waals surface area contributed by atoms with Gasteiger partial charge in [0.25, 0.3) is 5.91 Å². The van der Waals surface area contributed by atoms with Gasteiger partial charge in [-0.15, -0.1) is 0 Å². The molecule has 1 aromatic carbocycles. The van der Waals surface area contributed by atoms with E-state index in [1.54, 1.807) is 6.92 Å². The van der Waals surface area contributed by atoms with E-state index in [-0.39, 0.29) is 23.7 Å². The Bertz CT molecular complexity index is 536. The number of hydrogen-bond acceptors (Lipinski definition) is 5. The molecule has 1 amide bonds. The van der Waals surface area contributed by atoms with Crippen molar-refractivity contribution in [2.75, 3.05) is 7.11 Å². The zero-order chi connectivity index (χ0) is 15.1. The number of nitriles is 1. The maximum atomic E-state index is 12.0. The molecule has 0 aliphatic carbocycles. The van der Waals surface area contributed by atoms with Gasteiger partial charge in [0.05, 0.1) is 13.2 Å². The third-order valence-corrected chi connectivity index (χ3v) is 2.83. The summed E-state index contributed by atoms with van der Waals surface area (Å²) in [7, 11) is 1.22. The second kappa shape index (κ2) is 7.14. The molecule has 0 aromatic heterocycles. The normalized spacial score (nSPS) is 12.8. The predicted octanol–water partition coefficient (Wildman–Crippen LogP) is 1.21. The fourth-order valence-corrected chi connectivity index (χ4v) is 1.69. The fourth-order valence-electron chi connectivity index (χ4n) is 1.69. The molecule has 0 aliphatic heterocycles. The largest absolute Gasteiger partial charge is 0.508 e. The molecular formula is C14H16N2O4. The molecule has 1 aromatic rings. The van der Waals surface area contributed by atoms with Crippen LogP contribution in [0.1, 0.15) is 23.7 Å². The Morgan fingerprint density at radius 1 is 1.50 bits per heavy atom. The molecule has 0 spiro atoms. The van der Waals surface area contributed by atoms with Crippen LogP contribution in [-0.4, -0.2) is 30.1 Å². The van der Waals surface area contributed by atoms with Crippen LogP contribution < -0.4 is 5.32 Å². The molecule has 0 bridgehead atoms. The molecule has 0 saturated carbocycles. The van der Waals surface area contributed by atoms with E-state index in [2.05, 4.69) is 10.1 Å². The number of esters is 1. The van der Waals surface area contributed by atoms with E-state index in [0.717, 1.165) is 0 Å². The van der Waals surface area contributed by atoms with Gasteiger partial charge in [0, 0.05) is 17.9 Å². The summed E-state index contributed by atoms with van der Waals surface area (Å²) in [5, 5.41) is 20.5. The van der Waals surface area contributed by atoms with Gasteiger partial charge >= 0.3 is 5.97 Å². The van der Waals surface area contributed by atoms with Crippen molar-refractivity contribution in [3.05, 3.63) is 29.8 Å². The minimum absolute atomic E-state index is 0.0441. The third-order valence-electron chi connectivity index (χ3n) is 2.83. The van der Waals surface area contributed by atoms with Crippen LogP contribution in [0.15, 0.2) is 24.3 Å². The van der Waals surface area contributed by atoms with Crippen LogP contribution in [-0.2, 0) is 9.53 Å². The van der Waals surface area contributed by atoms with Gasteiger partial charge in [-0.3, -0.25) is 4.79 Å². The lowest BCUT2D eigenvalue weighted by Crippen LogP contribution is -2.45. The van der Waals surface area contributed by atoms with Gasteiger partial charge in [-0.05, 0) is 18.2 Å². The number of nitrogens with zero attached hydrogens (tertiary/aromatic N) is 1. The lowest BCUT2D eigenvalue weighted by molar-refractivity contribution is -0.144. The number of phenols is 1. The predicted molar refractivity (Wildman–Crippen MR) is 70.8 cm³/mol. The van der Waals surface area contributed by atoms with Gasteiger partial charge in [-0.1, -0.05) is 13.0 Å². The molecule has 106 valence electrons. The number of ether oxygens (including phenoxy) is 1. The third kappa shape index (κ3) is 3.99. The number of carbonyl (C=O) groups is 2. The summed E-state index contributed by atoms with van der Waals surface area (Å²) in [5.41, 5.74) is 0.225. The lowest BCUT2D eigenvalue weighted by Gasteiger charge is -2.21. The molecule has 2 N–H and O–H groups in total. The summed E-state index contributed by atoms with van der Waals surface area (Å²) >= 11 is 0. The van der Waals surface area contributed by atoms with Crippen molar-refractivity contribution in [3.63, 3.8) is 0 Å². The number of amides is 1. The summed E-state index contributed by atoms with van der Waals surface area (Å²) in [6, 6.07) is 6.81. The number of carbonyl (C=O) groups excluding carboxylic acids is 2. The minimum atomic E-state index is -0.908. The van der Waals surface area contributed by atoms with Gasteiger partial charge in [0.15, 0.2) is 0 Å². The summed E-state index contributed by atoms with van der Waals surface area (Å²) in [4.78, 5) is 23.7. The molecule has 0 saturated heterocycles. The van der Waals surface area contributed by atoms with Crippen LogP contribution in [0.3, 0.4) is 0 Å². The monoisotopic (exact) mass is 276 g/mol. The maximum Gasteiger partial charge on any atom is 0.328 e. The molecule has 20 heavy (non-hydrogen) atoms. The first-order chi connectivity index (χ1) is 9.49. The maximum absolute atomic E-state index is 12.0. The van der Waals surface area contributed by atoms with Gasteiger partial charge < -0.3 is 15.2 Å². The van der Waals surface area contributed by atoms with Crippen LogP contribution in [0, 0.1) is 17.2 Å². The van der Waals surface area contributed by atoms with Gasteiger partial charge in [-0.25, -0.2) is 4.79 Å². The van der Waals surface area contributed by atoms with Gasteiger partial charge in [0.1, 0.15) is 11.8 Å². The first-order valence-electron chi connectivity index (χ1n) is 6.04. The molecule has 0 fully saturated rings. The Kier molecular flexibility index (Phi) is 5.54. The fraction of sp³-hybridized carbons (Fsp3) is 0.357. The molecule has 0 aliphatic rings. The average molecular weight is 276 g/mol. The SMILES string of the molecule is COC(=O)[C@H](NC(=O)c1cccc(O)c1)[C@@H](C)CC#N. The van der Waals surface area contributed by atoms with Crippen LogP contribution in [0.4, 0.5) is 0 Å². The number of benzene rings is 1. The number of rotatable bonds is 5. The summed E-state index contributed by atoms with van der Waals surface area (Å²) < 4.78 is 4.63. The summed E-state index contributed by atoms with van der Waals surface area (Å²) in [5.74, 6) is -1.55. The van der Waals surface area contributed by atoms with E-state index in [0.29, 0.717) is 0 Å². The highest BCUT2D eigenvalue weighted by Gasteiger charge is 2.28. The van der Waals surface area contributed by atoms with Crippen LogP contribution >= 0.6 is 0 Å². The van der Waals surface area contributed by atoms with Crippen molar-refractivity contribution < 1.29 is 19.4 Å². The highest BCUT2D eigenvalue weighted by molar-refractivity contribution is 5.97. The standard InChI is InChI=1S/C14H16N2O4/c1-9(6-7-15)12(14(19)20-2)16-13(18)10-4-3-5-11(17)8-10/h3-5,8-9,12,17H,6H2,1-2H3,(H,16,18)/t9-,12+/m0/s1. The van der Waals surface area contributed by atoms with E-state index in [9.17, 15) is 14.7 Å². The Morgan fingerprint density at radius 2 is 2.20 bits per heavy atom. The first-order valence-corrected chi connectivity index (χ1v) is 6.04. The molecular weight excluding hydrogens is 260 g/mol. The molecule has 0 heterocycles.